The fourth-order valence-corrected chi connectivity index (χ4v) is 1.53. The summed E-state index contributed by atoms with van der Waals surface area (Å²) in [7, 11) is 1.63. The van der Waals surface area contributed by atoms with Crippen LogP contribution in [0.3, 0.4) is 0 Å². The molecule has 0 aliphatic carbocycles. The predicted molar refractivity (Wildman–Crippen MR) is 58.6 cm³/mol. The Morgan fingerprint density at radius 1 is 1.54 bits per heavy atom. The highest BCUT2D eigenvalue weighted by Gasteiger charge is 2.06. The molecule has 72 valence electrons. The lowest BCUT2D eigenvalue weighted by atomic mass is 10.2. The van der Waals surface area contributed by atoms with Gasteiger partial charge in [0.15, 0.2) is 0 Å². The van der Waals surface area contributed by atoms with E-state index in [1.54, 1.807) is 12.2 Å². The van der Waals surface area contributed by atoms with Gasteiger partial charge in [-0.25, -0.2) is 0 Å². The Kier molecular flexibility index (Phi) is 3.57. The molecule has 0 amide bonds. The Hall–Kier alpha value is -0.740. The summed E-state index contributed by atoms with van der Waals surface area (Å²) >= 11 is 3.35. The molecule has 2 N–H and O–H groups in total. The highest BCUT2D eigenvalue weighted by Crippen LogP contribution is 2.26. The number of anilines is 2. The number of hydrogen-bond acceptors (Lipinski definition) is 3. The van der Waals surface area contributed by atoms with Crippen molar-refractivity contribution < 1.29 is 4.84 Å². The zero-order valence-electron chi connectivity index (χ0n) is 7.75. The van der Waals surface area contributed by atoms with E-state index in [4.69, 9.17) is 10.6 Å². The Balaban J connectivity index is 2.99. The Morgan fingerprint density at radius 3 is 2.69 bits per heavy atom. The first-order valence-electron chi connectivity index (χ1n) is 4.05. The van der Waals surface area contributed by atoms with Crippen LogP contribution in [-0.2, 0) is 4.84 Å². The summed E-state index contributed by atoms with van der Waals surface area (Å²) in [4.78, 5) is 5.14. The molecule has 3 nitrogen and oxygen atoms in total. The third-order valence-electron chi connectivity index (χ3n) is 1.77. The summed E-state index contributed by atoms with van der Waals surface area (Å²) in [6.07, 6.45) is 0. The van der Waals surface area contributed by atoms with Gasteiger partial charge in [-0.2, -0.15) is 0 Å². The number of hydrogen-bond donors (Lipinski definition) is 1. The first-order chi connectivity index (χ1) is 6.19. The molecule has 0 fully saturated rings. The van der Waals surface area contributed by atoms with Gasteiger partial charge in [-0.05, 0) is 25.1 Å². The summed E-state index contributed by atoms with van der Waals surface area (Å²) in [5, 5.41) is 1.74. The SMILES string of the molecule is CCN(OC)c1ccc(Br)cc1N. The molecule has 1 aromatic rings. The predicted octanol–water partition coefficient (Wildman–Crippen LogP) is 2.42. The summed E-state index contributed by atoms with van der Waals surface area (Å²) in [6.45, 7) is 2.77. The van der Waals surface area contributed by atoms with Gasteiger partial charge in [0.25, 0.3) is 0 Å². The smallest absolute Gasteiger partial charge is 0.0866 e. The number of nitrogens with two attached hydrogens (primary N) is 1. The van der Waals surface area contributed by atoms with Gasteiger partial charge in [0.05, 0.1) is 18.5 Å². The van der Waals surface area contributed by atoms with Gasteiger partial charge in [-0.1, -0.05) is 15.9 Å². The highest BCUT2D eigenvalue weighted by atomic mass is 79.9. The molecular weight excluding hydrogens is 232 g/mol. The molecule has 0 aromatic heterocycles. The Morgan fingerprint density at radius 2 is 2.23 bits per heavy atom. The zero-order valence-corrected chi connectivity index (χ0v) is 9.34. The van der Waals surface area contributed by atoms with Crippen molar-refractivity contribution in [3.8, 4) is 0 Å². The lowest BCUT2D eigenvalue weighted by molar-refractivity contribution is 0.171. The number of nitrogen functional groups attached to an aromatic ring is 1. The Bertz CT molecular complexity index is 287. The van der Waals surface area contributed by atoms with Crippen LogP contribution in [0.4, 0.5) is 11.4 Å². The van der Waals surface area contributed by atoms with Crippen molar-refractivity contribution in [2.45, 2.75) is 6.92 Å². The van der Waals surface area contributed by atoms with Crippen LogP contribution in [-0.4, -0.2) is 13.7 Å². The molecule has 0 aliphatic heterocycles. The van der Waals surface area contributed by atoms with Crippen molar-refractivity contribution in [1.29, 1.82) is 0 Å². The minimum atomic E-state index is 0.707. The first-order valence-corrected chi connectivity index (χ1v) is 4.85. The maximum atomic E-state index is 5.82. The molecule has 0 saturated carbocycles. The van der Waals surface area contributed by atoms with E-state index in [1.807, 2.05) is 25.1 Å². The van der Waals surface area contributed by atoms with Crippen LogP contribution >= 0.6 is 15.9 Å². The van der Waals surface area contributed by atoms with Crippen LogP contribution in [0.25, 0.3) is 0 Å². The summed E-state index contributed by atoms with van der Waals surface area (Å²) in [5.74, 6) is 0. The van der Waals surface area contributed by atoms with Gasteiger partial charge in [0.2, 0.25) is 0 Å². The number of halogens is 1. The molecule has 0 heterocycles. The van der Waals surface area contributed by atoms with Crippen molar-refractivity contribution in [3.63, 3.8) is 0 Å². The Labute approximate surface area is 86.6 Å². The third-order valence-corrected chi connectivity index (χ3v) is 2.26. The minimum absolute atomic E-state index is 0.707. The van der Waals surface area contributed by atoms with Crippen LogP contribution in [0.5, 0.6) is 0 Å². The molecule has 0 saturated heterocycles. The molecule has 0 radical (unpaired) electrons. The van der Waals surface area contributed by atoms with Crippen molar-refractivity contribution >= 4 is 27.3 Å². The molecule has 0 aliphatic rings. The highest BCUT2D eigenvalue weighted by molar-refractivity contribution is 9.10. The summed E-state index contributed by atoms with van der Waals surface area (Å²) in [6, 6.07) is 5.72. The van der Waals surface area contributed by atoms with Crippen LogP contribution in [0.1, 0.15) is 6.92 Å². The quantitative estimate of drug-likeness (QED) is 0.656. The topological polar surface area (TPSA) is 38.5 Å². The molecule has 0 unspecified atom stereocenters. The summed E-state index contributed by atoms with van der Waals surface area (Å²) in [5.41, 5.74) is 7.42. The lowest BCUT2D eigenvalue weighted by Gasteiger charge is -2.21. The zero-order chi connectivity index (χ0) is 9.84. The second-order valence-electron chi connectivity index (χ2n) is 2.58. The van der Waals surface area contributed by atoms with Crippen molar-refractivity contribution in [3.05, 3.63) is 22.7 Å². The number of nitrogens with zero attached hydrogens (tertiary/aromatic N) is 1. The summed E-state index contributed by atoms with van der Waals surface area (Å²) < 4.78 is 0.973. The molecule has 1 rings (SSSR count). The maximum Gasteiger partial charge on any atom is 0.0866 e. The van der Waals surface area contributed by atoms with E-state index in [0.29, 0.717) is 5.69 Å². The van der Waals surface area contributed by atoms with E-state index in [9.17, 15) is 0 Å². The maximum absolute atomic E-state index is 5.82. The first kappa shape index (κ1) is 10.3. The van der Waals surface area contributed by atoms with Crippen LogP contribution in [0.2, 0.25) is 0 Å². The fraction of sp³-hybridized carbons (Fsp3) is 0.333. The molecule has 0 spiro atoms. The molecule has 0 atom stereocenters. The van der Waals surface area contributed by atoms with Crippen LogP contribution in [0.15, 0.2) is 22.7 Å². The van der Waals surface area contributed by atoms with E-state index in [-0.39, 0.29) is 0 Å². The van der Waals surface area contributed by atoms with Crippen molar-refractivity contribution in [2.75, 3.05) is 24.5 Å². The van der Waals surface area contributed by atoms with E-state index >= 15 is 0 Å². The van der Waals surface area contributed by atoms with Crippen LogP contribution < -0.4 is 10.8 Å². The van der Waals surface area contributed by atoms with E-state index in [0.717, 1.165) is 16.7 Å². The average Bonchev–Trinajstić information content (AvgIpc) is 2.10. The fourth-order valence-electron chi connectivity index (χ4n) is 1.15. The minimum Gasteiger partial charge on any atom is -0.397 e. The molecular formula is C9H13BrN2O. The molecule has 0 bridgehead atoms. The van der Waals surface area contributed by atoms with Gasteiger partial charge in [0, 0.05) is 11.0 Å². The van der Waals surface area contributed by atoms with Gasteiger partial charge >= 0.3 is 0 Å². The lowest BCUT2D eigenvalue weighted by Crippen LogP contribution is -2.21. The van der Waals surface area contributed by atoms with Gasteiger partial charge in [-0.3, -0.25) is 9.90 Å². The van der Waals surface area contributed by atoms with Crippen molar-refractivity contribution in [1.82, 2.24) is 0 Å². The van der Waals surface area contributed by atoms with Crippen molar-refractivity contribution in [2.24, 2.45) is 0 Å². The van der Waals surface area contributed by atoms with Crippen LogP contribution in [0, 0.1) is 0 Å². The molecule has 1 aromatic carbocycles. The van der Waals surface area contributed by atoms with Gasteiger partial charge < -0.3 is 5.73 Å². The van der Waals surface area contributed by atoms with Gasteiger partial charge in [-0.15, -0.1) is 0 Å². The van der Waals surface area contributed by atoms with E-state index < -0.39 is 0 Å². The second kappa shape index (κ2) is 4.48. The number of hydroxylamine groups is 1. The normalized spacial score (nSPS) is 10.1. The van der Waals surface area contributed by atoms with E-state index in [1.165, 1.54) is 0 Å². The second-order valence-corrected chi connectivity index (χ2v) is 3.50. The monoisotopic (exact) mass is 244 g/mol. The number of rotatable bonds is 3. The average molecular weight is 245 g/mol. The number of benzene rings is 1. The largest absolute Gasteiger partial charge is 0.397 e. The molecule has 4 heteroatoms. The standard InChI is InChI=1S/C9H13BrN2O/c1-3-12(13-2)9-5-4-7(10)6-8(9)11/h4-6H,3,11H2,1-2H3. The molecule has 13 heavy (non-hydrogen) atoms. The van der Waals surface area contributed by atoms with E-state index in [2.05, 4.69) is 15.9 Å². The van der Waals surface area contributed by atoms with Gasteiger partial charge in [0.1, 0.15) is 0 Å². The third kappa shape index (κ3) is 2.35.